The minimum absolute atomic E-state index is 1.12. The van der Waals surface area contributed by atoms with Crippen LogP contribution in [0.1, 0.15) is 16.7 Å². The zero-order chi connectivity index (χ0) is 29.1. The van der Waals surface area contributed by atoms with Crippen LogP contribution in [0.4, 0.5) is 0 Å². The fourth-order valence-electron chi connectivity index (χ4n) is 6.51. The molecule has 0 saturated heterocycles. The summed E-state index contributed by atoms with van der Waals surface area (Å²) in [5.74, 6) is 0. The summed E-state index contributed by atoms with van der Waals surface area (Å²) in [7, 11) is 0. The van der Waals surface area contributed by atoms with Gasteiger partial charge in [-0.3, -0.25) is 0 Å². The first kappa shape index (κ1) is 25.1. The van der Waals surface area contributed by atoms with Crippen molar-refractivity contribution in [3.05, 3.63) is 158 Å². The molecule has 2 heterocycles. The SMILES string of the molecule is C=Cc1ccc(-c2ccc3c(c2)c2cc(-c4ccc(C=C)cc4)cc4c5cc(-c6ccc(C=C)cc6)ccc5n3c24)cc1. The summed E-state index contributed by atoms with van der Waals surface area (Å²) in [5, 5.41) is 5.07. The molecule has 0 aliphatic rings. The Morgan fingerprint density at radius 3 is 1.05 bits per heavy atom. The molecule has 1 nitrogen and oxygen atoms in total. The van der Waals surface area contributed by atoms with E-state index in [9.17, 15) is 0 Å². The van der Waals surface area contributed by atoms with Crippen molar-refractivity contribution in [1.29, 1.82) is 0 Å². The fourth-order valence-corrected chi connectivity index (χ4v) is 6.51. The molecule has 8 rings (SSSR count). The van der Waals surface area contributed by atoms with Crippen LogP contribution >= 0.6 is 0 Å². The summed E-state index contributed by atoms with van der Waals surface area (Å²) in [6, 6.07) is 44.4. The van der Waals surface area contributed by atoms with Crippen molar-refractivity contribution in [3.63, 3.8) is 0 Å². The first-order valence-electron chi connectivity index (χ1n) is 14.6. The van der Waals surface area contributed by atoms with E-state index in [1.807, 2.05) is 18.2 Å². The van der Waals surface area contributed by atoms with Crippen molar-refractivity contribution in [2.45, 2.75) is 0 Å². The molecule has 0 aliphatic heterocycles. The average Bonchev–Trinajstić information content (AvgIpc) is 3.59. The molecule has 1 heteroatoms. The van der Waals surface area contributed by atoms with Crippen LogP contribution in [0.15, 0.2) is 141 Å². The van der Waals surface area contributed by atoms with Crippen LogP contribution in [0.2, 0.25) is 0 Å². The van der Waals surface area contributed by atoms with Crippen molar-refractivity contribution in [3.8, 4) is 33.4 Å². The van der Waals surface area contributed by atoms with Crippen molar-refractivity contribution < 1.29 is 0 Å². The molecule has 0 amide bonds. The van der Waals surface area contributed by atoms with Gasteiger partial charge >= 0.3 is 0 Å². The summed E-state index contributed by atoms with van der Waals surface area (Å²) in [6.45, 7) is 11.7. The molecule has 2 aromatic heterocycles. The average molecular weight is 548 g/mol. The third-order valence-electron chi connectivity index (χ3n) is 8.83. The largest absolute Gasteiger partial charge is 0.308 e. The number of nitrogens with zero attached hydrogens (tertiary/aromatic N) is 1. The quantitative estimate of drug-likeness (QED) is 0.195. The van der Waals surface area contributed by atoms with Gasteiger partial charge in [0.15, 0.2) is 0 Å². The molecule has 0 atom stereocenters. The van der Waals surface area contributed by atoms with Crippen LogP contribution in [0, 0.1) is 0 Å². The second kappa shape index (κ2) is 9.72. The predicted octanol–water partition coefficient (Wildman–Crippen LogP) is 11.8. The Hall–Kier alpha value is -5.66. The van der Waals surface area contributed by atoms with E-state index in [0.29, 0.717) is 0 Å². The molecule has 8 aromatic rings. The zero-order valence-corrected chi connectivity index (χ0v) is 23.8. The van der Waals surface area contributed by atoms with Crippen LogP contribution in [-0.4, -0.2) is 4.40 Å². The van der Waals surface area contributed by atoms with E-state index in [1.54, 1.807) is 0 Å². The van der Waals surface area contributed by atoms with Gasteiger partial charge in [0.25, 0.3) is 0 Å². The van der Waals surface area contributed by atoms with E-state index >= 15 is 0 Å². The molecule has 43 heavy (non-hydrogen) atoms. The third kappa shape index (κ3) is 3.94. The van der Waals surface area contributed by atoms with Gasteiger partial charge in [-0.25, -0.2) is 0 Å². The number of hydrogen-bond donors (Lipinski definition) is 0. The molecular formula is C42H29N. The maximum atomic E-state index is 3.93. The molecule has 6 aromatic carbocycles. The molecular weight excluding hydrogens is 518 g/mol. The lowest BCUT2D eigenvalue weighted by Crippen LogP contribution is -1.84. The topological polar surface area (TPSA) is 4.41 Å². The van der Waals surface area contributed by atoms with Gasteiger partial charge in [-0.1, -0.05) is 123 Å². The smallest absolute Gasteiger partial charge is 0.0620 e. The van der Waals surface area contributed by atoms with Crippen molar-refractivity contribution in [2.75, 3.05) is 0 Å². The summed E-state index contributed by atoms with van der Waals surface area (Å²) in [4.78, 5) is 0. The molecule has 0 spiro atoms. The summed E-state index contributed by atoms with van der Waals surface area (Å²) >= 11 is 0. The van der Waals surface area contributed by atoms with Gasteiger partial charge in [0.05, 0.1) is 16.6 Å². The molecule has 0 bridgehead atoms. The Bertz CT molecular complexity index is 2210. The van der Waals surface area contributed by atoms with Gasteiger partial charge in [0.1, 0.15) is 0 Å². The van der Waals surface area contributed by atoms with Crippen molar-refractivity contribution in [1.82, 2.24) is 4.40 Å². The highest BCUT2D eigenvalue weighted by Gasteiger charge is 2.20. The predicted molar refractivity (Wildman–Crippen MR) is 188 cm³/mol. The van der Waals surface area contributed by atoms with Crippen LogP contribution < -0.4 is 0 Å². The number of fused-ring (bicyclic) bond motifs is 6. The van der Waals surface area contributed by atoms with E-state index in [4.69, 9.17) is 0 Å². The minimum atomic E-state index is 1.12. The summed E-state index contributed by atoms with van der Waals surface area (Å²) in [6.07, 6.45) is 5.66. The van der Waals surface area contributed by atoms with E-state index < -0.39 is 0 Å². The Morgan fingerprint density at radius 2 is 0.674 bits per heavy atom. The van der Waals surface area contributed by atoms with Gasteiger partial charge in [-0.15, -0.1) is 0 Å². The lowest BCUT2D eigenvalue weighted by molar-refractivity contribution is 1.37. The van der Waals surface area contributed by atoms with Gasteiger partial charge in [0.2, 0.25) is 0 Å². The molecule has 0 saturated carbocycles. The first-order chi connectivity index (χ1) is 21.1. The summed E-state index contributed by atoms with van der Waals surface area (Å²) < 4.78 is 2.45. The van der Waals surface area contributed by atoms with Crippen LogP contribution in [0.25, 0.3) is 89.7 Å². The second-order valence-corrected chi connectivity index (χ2v) is 11.2. The van der Waals surface area contributed by atoms with Gasteiger partial charge in [0, 0.05) is 21.5 Å². The van der Waals surface area contributed by atoms with E-state index in [0.717, 1.165) is 16.7 Å². The van der Waals surface area contributed by atoms with Crippen molar-refractivity contribution in [2.24, 2.45) is 0 Å². The lowest BCUT2D eigenvalue weighted by Gasteiger charge is -2.07. The molecule has 202 valence electrons. The summed E-state index contributed by atoms with van der Waals surface area (Å²) in [5.41, 5.74) is 14.3. The molecule has 0 radical (unpaired) electrons. The Balaban J connectivity index is 1.42. The van der Waals surface area contributed by atoms with Crippen LogP contribution in [-0.2, 0) is 0 Å². The Morgan fingerprint density at radius 1 is 0.349 bits per heavy atom. The highest BCUT2D eigenvalue weighted by molar-refractivity contribution is 6.25. The molecule has 0 fully saturated rings. The highest BCUT2D eigenvalue weighted by Crippen LogP contribution is 2.43. The second-order valence-electron chi connectivity index (χ2n) is 11.2. The normalized spacial score (nSPS) is 11.5. The molecule has 0 aliphatic carbocycles. The number of benzene rings is 6. The lowest BCUT2D eigenvalue weighted by atomic mass is 9.96. The highest BCUT2D eigenvalue weighted by atomic mass is 14.9. The van der Waals surface area contributed by atoms with E-state index in [-0.39, 0.29) is 0 Å². The Labute approximate surface area is 251 Å². The zero-order valence-electron chi connectivity index (χ0n) is 23.8. The first-order valence-corrected chi connectivity index (χ1v) is 14.6. The fraction of sp³-hybridized carbons (Fsp3) is 0. The van der Waals surface area contributed by atoms with Gasteiger partial charge in [-0.2, -0.15) is 0 Å². The van der Waals surface area contributed by atoms with Crippen LogP contribution in [0.5, 0.6) is 0 Å². The standard InChI is InChI=1S/C42H29N/c1-4-27-7-13-30(14-8-27)33-19-21-40-36(23-33)38-25-35(32-17-11-29(6-3)12-18-32)26-39-37-24-34(20-22-41(37)43(40)42(38)39)31-15-9-28(5-2)10-16-31/h4-26H,1-3H2. The minimum Gasteiger partial charge on any atom is -0.308 e. The maximum absolute atomic E-state index is 3.93. The maximum Gasteiger partial charge on any atom is 0.0620 e. The number of rotatable bonds is 6. The third-order valence-corrected chi connectivity index (χ3v) is 8.83. The number of aromatic nitrogens is 1. The number of hydrogen-bond acceptors (Lipinski definition) is 0. The van der Waals surface area contributed by atoms with Gasteiger partial charge < -0.3 is 4.40 Å². The van der Waals surface area contributed by atoms with Crippen molar-refractivity contribution >= 4 is 56.3 Å². The molecule has 0 unspecified atom stereocenters. The van der Waals surface area contributed by atoms with Gasteiger partial charge in [-0.05, 0) is 86.5 Å². The van der Waals surface area contributed by atoms with E-state index in [2.05, 4.69) is 145 Å². The Kier molecular flexibility index (Phi) is 5.67. The van der Waals surface area contributed by atoms with E-state index in [1.165, 1.54) is 71.5 Å². The molecule has 0 N–H and O–H groups in total. The monoisotopic (exact) mass is 547 g/mol. The van der Waals surface area contributed by atoms with Crippen LogP contribution in [0.3, 0.4) is 0 Å².